The van der Waals surface area contributed by atoms with E-state index in [1.807, 2.05) is 18.2 Å². The first-order valence-corrected chi connectivity index (χ1v) is 17.1. The monoisotopic (exact) mass is 642 g/mol. The van der Waals surface area contributed by atoms with E-state index in [9.17, 15) is 0 Å². The van der Waals surface area contributed by atoms with Crippen LogP contribution in [0.15, 0.2) is 152 Å². The van der Waals surface area contributed by atoms with Crippen molar-refractivity contribution in [1.29, 1.82) is 5.41 Å². The molecule has 0 spiro atoms. The molecule has 50 heavy (non-hydrogen) atoms. The van der Waals surface area contributed by atoms with Crippen LogP contribution in [0.3, 0.4) is 0 Å². The first-order chi connectivity index (χ1) is 24.4. The van der Waals surface area contributed by atoms with E-state index in [0.29, 0.717) is 5.56 Å². The van der Waals surface area contributed by atoms with E-state index in [1.54, 1.807) is 0 Å². The van der Waals surface area contributed by atoms with Gasteiger partial charge in [-0.2, -0.15) is 0 Å². The minimum absolute atomic E-state index is 0.0636. The van der Waals surface area contributed by atoms with Crippen molar-refractivity contribution in [1.82, 2.24) is 9.13 Å². The van der Waals surface area contributed by atoms with E-state index in [2.05, 4.69) is 156 Å². The fourth-order valence-electron chi connectivity index (χ4n) is 8.51. The van der Waals surface area contributed by atoms with Gasteiger partial charge >= 0.3 is 0 Å². The molecule has 0 amide bonds. The summed E-state index contributed by atoms with van der Waals surface area (Å²) in [5.74, 6) is 0.0669. The maximum absolute atomic E-state index is 8.00. The highest BCUT2D eigenvalue weighted by Gasteiger charge is 2.35. The van der Waals surface area contributed by atoms with E-state index in [0.717, 1.165) is 16.7 Å². The Morgan fingerprint density at radius 1 is 0.480 bits per heavy atom. The van der Waals surface area contributed by atoms with Crippen LogP contribution in [0.25, 0.3) is 77.2 Å². The number of rotatable bonds is 4. The number of nitrogen functional groups attached to an aromatic ring is 1. The van der Waals surface area contributed by atoms with Crippen molar-refractivity contribution >= 4 is 49.4 Å². The molecule has 238 valence electrons. The Morgan fingerprint density at radius 3 is 1.66 bits per heavy atom. The van der Waals surface area contributed by atoms with E-state index < -0.39 is 0 Å². The number of nitrogens with zero attached hydrogens (tertiary/aromatic N) is 2. The van der Waals surface area contributed by atoms with Gasteiger partial charge in [0.25, 0.3) is 0 Å². The van der Waals surface area contributed by atoms with Crippen LogP contribution in [0, 0.1) is 5.41 Å². The lowest BCUT2D eigenvalue weighted by atomic mass is 9.82. The first-order valence-electron chi connectivity index (χ1n) is 17.1. The number of aromatic nitrogens is 2. The molecule has 0 saturated heterocycles. The molecule has 2 aromatic heterocycles. The van der Waals surface area contributed by atoms with Gasteiger partial charge < -0.3 is 14.9 Å². The van der Waals surface area contributed by atoms with E-state index in [1.165, 1.54) is 71.6 Å². The second kappa shape index (κ2) is 10.3. The molecule has 2 heterocycles. The fraction of sp³-hybridized carbons (Fsp3) is 0.0652. The van der Waals surface area contributed by atoms with Crippen molar-refractivity contribution in [3.8, 4) is 33.6 Å². The third-order valence-corrected chi connectivity index (χ3v) is 10.9. The van der Waals surface area contributed by atoms with Gasteiger partial charge in [0.1, 0.15) is 5.84 Å². The molecule has 1 aliphatic rings. The average molecular weight is 643 g/mol. The molecule has 0 fully saturated rings. The van der Waals surface area contributed by atoms with Crippen molar-refractivity contribution < 1.29 is 0 Å². The van der Waals surface area contributed by atoms with Crippen LogP contribution in [0.2, 0.25) is 0 Å². The van der Waals surface area contributed by atoms with Crippen molar-refractivity contribution in [2.75, 3.05) is 0 Å². The SMILES string of the molecule is CC1(C)c2ccccc2-c2ccc(-n3c4ccccc4c4cc(-c5ccc6c(c5)c5ccccc5n6-c5cccc(C(=N)N)c5)ccc43)cc21. The molecule has 0 bridgehead atoms. The van der Waals surface area contributed by atoms with Crippen molar-refractivity contribution in [2.24, 2.45) is 5.73 Å². The highest BCUT2D eigenvalue weighted by molar-refractivity contribution is 6.13. The summed E-state index contributed by atoms with van der Waals surface area (Å²) in [4.78, 5) is 0. The fourth-order valence-corrected chi connectivity index (χ4v) is 8.51. The van der Waals surface area contributed by atoms with Gasteiger partial charge in [0.05, 0.1) is 22.1 Å². The lowest BCUT2D eigenvalue weighted by Crippen LogP contribution is -2.15. The quantitative estimate of drug-likeness (QED) is 0.146. The highest BCUT2D eigenvalue weighted by atomic mass is 15.0. The molecule has 0 unspecified atom stereocenters. The van der Waals surface area contributed by atoms with Crippen molar-refractivity contribution in [3.63, 3.8) is 0 Å². The van der Waals surface area contributed by atoms with Crippen LogP contribution >= 0.6 is 0 Å². The topological polar surface area (TPSA) is 59.7 Å². The number of hydrogen-bond acceptors (Lipinski definition) is 1. The zero-order valence-electron chi connectivity index (χ0n) is 27.9. The molecular weight excluding hydrogens is 609 g/mol. The maximum Gasteiger partial charge on any atom is 0.122 e. The van der Waals surface area contributed by atoms with E-state index in [-0.39, 0.29) is 11.3 Å². The molecule has 4 heteroatoms. The molecule has 0 aliphatic heterocycles. The second-order valence-corrected chi connectivity index (χ2v) is 14.0. The molecule has 0 saturated carbocycles. The van der Waals surface area contributed by atoms with Crippen LogP contribution in [-0.2, 0) is 5.41 Å². The molecule has 0 atom stereocenters. The van der Waals surface area contributed by atoms with Gasteiger partial charge in [-0.1, -0.05) is 105 Å². The number of para-hydroxylation sites is 2. The molecule has 9 aromatic rings. The van der Waals surface area contributed by atoms with Gasteiger partial charge in [0, 0.05) is 43.9 Å². The Hall–Kier alpha value is -6.39. The summed E-state index contributed by atoms with van der Waals surface area (Å²) >= 11 is 0. The van der Waals surface area contributed by atoms with Gasteiger partial charge in [-0.15, -0.1) is 0 Å². The Labute approximate surface area is 290 Å². The van der Waals surface area contributed by atoms with Crippen LogP contribution in [0.4, 0.5) is 0 Å². The van der Waals surface area contributed by atoms with Crippen LogP contribution < -0.4 is 5.73 Å². The molecule has 10 rings (SSSR count). The normalized spacial score (nSPS) is 13.3. The summed E-state index contributed by atoms with van der Waals surface area (Å²) in [6.07, 6.45) is 0. The Balaban J connectivity index is 1.14. The number of nitrogens with two attached hydrogens (primary N) is 1. The molecule has 4 nitrogen and oxygen atoms in total. The number of fused-ring (bicyclic) bond motifs is 9. The van der Waals surface area contributed by atoms with Gasteiger partial charge in [0.15, 0.2) is 0 Å². The smallest absolute Gasteiger partial charge is 0.122 e. The third-order valence-electron chi connectivity index (χ3n) is 10.9. The highest BCUT2D eigenvalue weighted by Crippen LogP contribution is 2.49. The first kappa shape index (κ1) is 28.6. The van der Waals surface area contributed by atoms with Crippen LogP contribution in [0.1, 0.15) is 30.5 Å². The second-order valence-electron chi connectivity index (χ2n) is 14.0. The lowest BCUT2D eigenvalue weighted by Gasteiger charge is -2.22. The molecule has 7 aromatic carbocycles. The largest absolute Gasteiger partial charge is 0.384 e. The summed E-state index contributed by atoms with van der Waals surface area (Å²) in [6.45, 7) is 4.69. The summed E-state index contributed by atoms with van der Waals surface area (Å²) in [5.41, 5.74) is 21.2. The predicted octanol–water partition coefficient (Wildman–Crippen LogP) is 11.1. The third kappa shape index (κ3) is 3.96. The van der Waals surface area contributed by atoms with Crippen LogP contribution in [-0.4, -0.2) is 15.0 Å². The summed E-state index contributed by atoms with van der Waals surface area (Å²) in [6, 6.07) is 54.8. The standard InChI is InChI=1S/C46H34N4/c1-46(2)39-15-6-3-12-33(39)34-21-20-32(27-40(34)46)50-42-17-8-5-14-36(42)38-26-29(19-23-44(38)50)28-18-22-43-37(25-28)35-13-4-7-16-41(35)49(43)31-11-9-10-30(24-31)45(47)48/h3-27H,1-2H3,(H3,47,48). The lowest BCUT2D eigenvalue weighted by molar-refractivity contribution is 0.660. The number of benzene rings is 7. The Morgan fingerprint density at radius 2 is 1.02 bits per heavy atom. The summed E-state index contributed by atoms with van der Waals surface area (Å²) in [5, 5.41) is 12.9. The number of nitrogens with one attached hydrogen (secondary N) is 1. The minimum Gasteiger partial charge on any atom is -0.384 e. The van der Waals surface area contributed by atoms with Gasteiger partial charge in [0.2, 0.25) is 0 Å². The zero-order valence-corrected chi connectivity index (χ0v) is 27.9. The number of amidine groups is 1. The van der Waals surface area contributed by atoms with E-state index >= 15 is 0 Å². The molecule has 3 N–H and O–H groups in total. The zero-order chi connectivity index (χ0) is 33.7. The predicted molar refractivity (Wildman–Crippen MR) is 209 cm³/mol. The average Bonchev–Trinajstić information content (AvgIpc) is 3.74. The van der Waals surface area contributed by atoms with Crippen molar-refractivity contribution in [2.45, 2.75) is 19.3 Å². The van der Waals surface area contributed by atoms with Gasteiger partial charge in [-0.3, -0.25) is 5.41 Å². The maximum atomic E-state index is 8.00. The Bertz CT molecular complexity index is 2880. The van der Waals surface area contributed by atoms with Crippen LogP contribution in [0.5, 0.6) is 0 Å². The van der Waals surface area contributed by atoms with Crippen molar-refractivity contribution in [3.05, 3.63) is 168 Å². The Kier molecular flexibility index (Phi) is 5.90. The van der Waals surface area contributed by atoms with E-state index in [4.69, 9.17) is 11.1 Å². The van der Waals surface area contributed by atoms with Gasteiger partial charge in [-0.25, -0.2) is 0 Å². The minimum atomic E-state index is -0.0636. The number of hydrogen-bond donors (Lipinski definition) is 2. The molecule has 1 aliphatic carbocycles. The summed E-state index contributed by atoms with van der Waals surface area (Å²) in [7, 11) is 0. The molecule has 0 radical (unpaired) electrons. The molecular formula is C46H34N4. The summed E-state index contributed by atoms with van der Waals surface area (Å²) < 4.78 is 4.70. The van der Waals surface area contributed by atoms with Gasteiger partial charge in [-0.05, 0) is 94.0 Å².